The number of carbonyl (C=O) groups excluding carboxylic acids is 1. The van der Waals surface area contributed by atoms with Crippen LogP contribution in [0.2, 0.25) is 19.6 Å². The minimum atomic E-state index is -1.23. The Balaban J connectivity index is 4.28. The Morgan fingerprint density at radius 3 is 2.25 bits per heavy atom. The quantitative estimate of drug-likeness (QED) is 0.528. The molecule has 0 heterocycles. The van der Waals surface area contributed by atoms with Crippen molar-refractivity contribution in [1.82, 2.24) is 5.32 Å². The number of carbonyl (C=O) groups is 1. The van der Waals surface area contributed by atoms with E-state index < -0.39 is 8.07 Å². The van der Waals surface area contributed by atoms with Crippen LogP contribution in [0.3, 0.4) is 0 Å². The molecule has 0 aliphatic rings. The van der Waals surface area contributed by atoms with Gasteiger partial charge in [0.25, 0.3) is 0 Å². The van der Waals surface area contributed by atoms with Crippen molar-refractivity contribution in [2.24, 2.45) is 0 Å². The number of hydrogen-bond acceptors (Lipinski definition) is 1. The average molecular weight is 185 g/mol. The summed E-state index contributed by atoms with van der Waals surface area (Å²) >= 11 is 0. The lowest BCUT2D eigenvalue weighted by atomic mass is 10.3. The highest BCUT2D eigenvalue weighted by Gasteiger charge is 2.11. The largest absolute Gasteiger partial charge is 0.353 e. The van der Waals surface area contributed by atoms with Crippen LogP contribution < -0.4 is 5.32 Å². The maximum Gasteiger partial charge on any atom is 0.246 e. The molecule has 1 amide bonds. The van der Waals surface area contributed by atoms with Gasteiger partial charge in [-0.05, 0) is 13.8 Å². The monoisotopic (exact) mass is 185 g/mol. The first kappa shape index (κ1) is 11.4. The van der Waals surface area contributed by atoms with Gasteiger partial charge in [0.1, 0.15) is 0 Å². The third-order valence-electron chi connectivity index (χ3n) is 1.35. The van der Waals surface area contributed by atoms with Crippen LogP contribution in [0, 0.1) is 0 Å². The van der Waals surface area contributed by atoms with E-state index in [-0.39, 0.29) is 5.91 Å². The smallest absolute Gasteiger partial charge is 0.246 e. The summed E-state index contributed by atoms with van der Waals surface area (Å²) in [4.78, 5) is 11.3. The van der Waals surface area contributed by atoms with Gasteiger partial charge in [0.05, 0.1) is 8.07 Å². The maximum atomic E-state index is 11.3. The van der Waals surface area contributed by atoms with Gasteiger partial charge in [-0.1, -0.05) is 25.3 Å². The Bertz CT molecular complexity index is 191. The number of amides is 1. The Labute approximate surface area is 76.1 Å². The average Bonchev–Trinajstić information content (AvgIpc) is 1.84. The molecule has 0 rings (SSSR count). The van der Waals surface area contributed by atoms with E-state index >= 15 is 0 Å². The van der Waals surface area contributed by atoms with Crippen molar-refractivity contribution in [3.63, 3.8) is 0 Å². The second-order valence-corrected chi connectivity index (χ2v) is 9.07. The molecule has 0 aliphatic heterocycles. The van der Waals surface area contributed by atoms with Crippen LogP contribution in [-0.4, -0.2) is 20.5 Å². The molecule has 0 bridgehead atoms. The Hall–Kier alpha value is -0.573. The van der Waals surface area contributed by atoms with Gasteiger partial charge < -0.3 is 5.32 Å². The van der Waals surface area contributed by atoms with Crippen molar-refractivity contribution in [3.05, 3.63) is 11.3 Å². The first-order valence-electron chi connectivity index (χ1n) is 4.34. The molecule has 70 valence electrons. The third-order valence-corrected chi connectivity index (χ3v) is 2.64. The molecule has 1 N–H and O–H groups in total. The SMILES string of the molecule is CCNC(=O)C(C)=C[Si](C)(C)C. The Morgan fingerprint density at radius 2 is 1.92 bits per heavy atom. The summed E-state index contributed by atoms with van der Waals surface area (Å²) in [5, 5.41) is 2.78. The number of rotatable bonds is 3. The maximum absolute atomic E-state index is 11.3. The van der Waals surface area contributed by atoms with Gasteiger partial charge in [-0.15, -0.1) is 0 Å². The molecule has 0 unspecified atom stereocenters. The van der Waals surface area contributed by atoms with Crippen LogP contribution in [-0.2, 0) is 4.79 Å². The Kier molecular flexibility index (Phi) is 4.24. The van der Waals surface area contributed by atoms with Crippen molar-refractivity contribution in [2.45, 2.75) is 33.5 Å². The predicted molar refractivity (Wildman–Crippen MR) is 55.8 cm³/mol. The third kappa shape index (κ3) is 5.13. The Morgan fingerprint density at radius 1 is 1.42 bits per heavy atom. The first-order valence-corrected chi connectivity index (χ1v) is 7.92. The molecule has 0 fully saturated rings. The van der Waals surface area contributed by atoms with Gasteiger partial charge in [0.15, 0.2) is 0 Å². The summed E-state index contributed by atoms with van der Waals surface area (Å²) in [5.74, 6) is 0.0694. The lowest BCUT2D eigenvalue weighted by Crippen LogP contribution is -2.26. The van der Waals surface area contributed by atoms with Gasteiger partial charge in [0, 0.05) is 12.1 Å². The van der Waals surface area contributed by atoms with Gasteiger partial charge in [-0.25, -0.2) is 0 Å². The van der Waals surface area contributed by atoms with E-state index in [0.29, 0.717) is 6.54 Å². The summed E-state index contributed by atoms with van der Waals surface area (Å²) < 4.78 is 0. The molecule has 0 saturated heterocycles. The number of nitrogens with one attached hydrogen (secondary N) is 1. The fourth-order valence-electron chi connectivity index (χ4n) is 1.02. The van der Waals surface area contributed by atoms with E-state index in [4.69, 9.17) is 0 Å². The van der Waals surface area contributed by atoms with Crippen molar-refractivity contribution in [2.75, 3.05) is 6.54 Å². The van der Waals surface area contributed by atoms with Gasteiger partial charge in [0.2, 0.25) is 5.91 Å². The fourth-order valence-corrected chi connectivity index (χ4v) is 2.45. The fraction of sp³-hybridized carbons (Fsp3) is 0.667. The highest BCUT2D eigenvalue weighted by Crippen LogP contribution is 2.06. The highest BCUT2D eigenvalue weighted by atomic mass is 28.3. The van der Waals surface area contributed by atoms with E-state index in [1.165, 1.54) is 0 Å². The van der Waals surface area contributed by atoms with Crippen molar-refractivity contribution in [3.8, 4) is 0 Å². The zero-order chi connectivity index (χ0) is 9.78. The highest BCUT2D eigenvalue weighted by molar-refractivity contribution is 6.81. The summed E-state index contributed by atoms with van der Waals surface area (Å²) in [7, 11) is -1.23. The molecule has 0 saturated carbocycles. The number of hydrogen-bond donors (Lipinski definition) is 1. The molecule has 0 atom stereocenters. The van der Waals surface area contributed by atoms with E-state index in [9.17, 15) is 4.79 Å². The summed E-state index contributed by atoms with van der Waals surface area (Å²) in [5.41, 5.74) is 2.98. The molecular weight excluding hydrogens is 166 g/mol. The molecule has 12 heavy (non-hydrogen) atoms. The normalized spacial score (nSPS) is 12.9. The van der Waals surface area contributed by atoms with E-state index in [1.54, 1.807) is 0 Å². The molecule has 0 aromatic heterocycles. The van der Waals surface area contributed by atoms with Crippen molar-refractivity contribution < 1.29 is 4.79 Å². The van der Waals surface area contributed by atoms with E-state index in [2.05, 4.69) is 30.7 Å². The van der Waals surface area contributed by atoms with Crippen LogP contribution in [0.5, 0.6) is 0 Å². The molecule has 0 aliphatic carbocycles. The predicted octanol–water partition coefficient (Wildman–Crippen LogP) is 1.95. The lowest BCUT2D eigenvalue weighted by molar-refractivity contribution is -0.117. The minimum Gasteiger partial charge on any atom is -0.353 e. The standard InChI is InChI=1S/C9H19NOSi/c1-6-10-9(11)8(2)7-12(3,4)5/h7H,6H2,1-5H3,(H,10,11). The minimum absolute atomic E-state index is 0.0694. The van der Waals surface area contributed by atoms with Crippen molar-refractivity contribution in [1.29, 1.82) is 0 Å². The van der Waals surface area contributed by atoms with E-state index in [1.807, 2.05) is 13.8 Å². The second-order valence-electron chi connectivity index (χ2n) is 4.05. The van der Waals surface area contributed by atoms with Crippen LogP contribution in [0.15, 0.2) is 11.3 Å². The number of likely N-dealkylation sites (N-methyl/N-ethyl adjacent to an activating group) is 1. The molecular formula is C9H19NOSi. The van der Waals surface area contributed by atoms with Gasteiger partial charge in [-0.2, -0.15) is 0 Å². The van der Waals surface area contributed by atoms with Crippen LogP contribution in [0.4, 0.5) is 0 Å². The summed E-state index contributed by atoms with van der Waals surface area (Å²) in [6, 6.07) is 0. The second kappa shape index (κ2) is 4.45. The van der Waals surface area contributed by atoms with Crippen molar-refractivity contribution >= 4 is 14.0 Å². The molecule has 2 nitrogen and oxygen atoms in total. The van der Waals surface area contributed by atoms with E-state index in [0.717, 1.165) is 5.57 Å². The zero-order valence-electron chi connectivity index (χ0n) is 8.69. The van der Waals surface area contributed by atoms with Crippen LogP contribution in [0.25, 0.3) is 0 Å². The topological polar surface area (TPSA) is 29.1 Å². The first-order chi connectivity index (χ1) is 5.37. The molecule has 0 radical (unpaired) electrons. The lowest BCUT2D eigenvalue weighted by Gasteiger charge is -2.11. The molecule has 0 aromatic rings. The van der Waals surface area contributed by atoms with Crippen LogP contribution >= 0.6 is 0 Å². The molecule has 0 aromatic carbocycles. The molecule has 0 spiro atoms. The zero-order valence-corrected chi connectivity index (χ0v) is 9.69. The van der Waals surface area contributed by atoms with Crippen LogP contribution in [0.1, 0.15) is 13.8 Å². The molecule has 3 heteroatoms. The van der Waals surface area contributed by atoms with Gasteiger partial charge >= 0.3 is 0 Å². The van der Waals surface area contributed by atoms with Gasteiger partial charge in [-0.3, -0.25) is 4.79 Å². The summed E-state index contributed by atoms with van der Waals surface area (Å²) in [6.07, 6.45) is 0. The summed E-state index contributed by atoms with van der Waals surface area (Å²) in [6.45, 7) is 11.2.